The second-order valence-corrected chi connectivity index (χ2v) is 5.45. The van der Waals surface area contributed by atoms with E-state index >= 15 is 0 Å². The van der Waals surface area contributed by atoms with Crippen molar-refractivity contribution in [3.8, 4) is 11.1 Å². The van der Waals surface area contributed by atoms with Gasteiger partial charge in [0.15, 0.2) is 0 Å². The van der Waals surface area contributed by atoms with Gasteiger partial charge in [-0.3, -0.25) is 4.68 Å². The summed E-state index contributed by atoms with van der Waals surface area (Å²) in [5, 5.41) is 5.04. The Morgan fingerprint density at radius 3 is 2.89 bits per heavy atom. The maximum atomic E-state index is 6.46. The fourth-order valence-corrected chi connectivity index (χ4v) is 3.06. The lowest BCUT2D eigenvalue weighted by atomic mass is 9.97. The van der Waals surface area contributed by atoms with E-state index in [1.54, 1.807) is 0 Å². The summed E-state index contributed by atoms with van der Waals surface area (Å²) in [6, 6.07) is 4.35. The van der Waals surface area contributed by atoms with Gasteiger partial charge in [-0.05, 0) is 37.5 Å². The van der Waals surface area contributed by atoms with E-state index in [2.05, 4.69) is 29.1 Å². The molecule has 1 aliphatic heterocycles. The van der Waals surface area contributed by atoms with Crippen LogP contribution in [0.2, 0.25) is 5.02 Å². The quantitative estimate of drug-likeness (QED) is 0.836. The maximum absolute atomic E-state index is 6.46. The summed E-state index contributed by atoms with van der Waals surface area (Å²) in [5.74, 6) is 0. The van der Waals surface area contributed by atoms with Crippen molar-refractivity contribution in [2.45, 2.75) is 19.8 Å². The highest BCUT2D eigenvalue weighted by atomic mass is 35.5. The summed E-state index contributed by atoms with van der Waals surface area (Å²) in [7, 11) is 1.93. The number of halogens is 1. The Balaban J connectivity index is 2.09. The van der Waals surface area contributed by atoms with Gasteiger partial charge < -0.3 is 4.90 Å². The molecule has 1 aromatic carbocycles. The number of fused-ring (bicyclic) bond motifs is 1. The van der Waals surface area contributed by atoms with Crippen LogP contribution in [0.1, 0.15) is 18.9 Å². The Morgan fingerprint density at radius 2 is 2.21 bits per heavy atom. The normalized spacial score (nSPS) is 14.6. The molecule has 4 heteroatoms. The Hall–Kier alpha value is -1.48. The van der Waals surface area contributed by atoms with Crippen molar-refractivity contribution >= 4 is 17.3 Å². The molecule has 3 nitrogen and oxygen atoms in total. The van der Waals surface area contributed by atoms with E-state index in [9.17, 15) is 0 Å². The molecule has 2 aromatic rings. The Labute approximate surface area is 118 Å². The molecule has 0 radical (unpaired) electrons. The van der Waals surface area contributed by atoms with Gasteiger partial charge in [0.05, 0.1) is 11.2 Å². The van der Waals surface area contributed by atoms with Crippen LogP contribution in [0.15, 0.2) is 24.5 Å². The molecule has 0 saturated carbocycles. The minimum atomic E-state index is 0.812. The highest BCUT2D eigenvalue weighted by molar-refractivity contribution is 6.33. The molecule has 100 valence electrons. The van der Waals surface area contributed by atoms with Crippen molar-refractivity contribution < 1.29 is 0 Å². The van der Waals surface area contributed by atoms with Crippen LogP contribution in [0.5, 0.6) is 0 Å². The highest BCUT2D eigenvalue weighted by Gasteiger charge is 2.18. The molecule has 0 aliphatic carbocycles. The van der Waals surface area contributed by atoms with E-state index in [4.69, 9.17) is 11.6 Å². The lowest BCUT2D eigenvalue weighted by Gasteiger charge is -2.31. The van der Waals surface area contributed by atoms with Crippen molar-refractivity contribution in [3.63, 3.8) is 0 Å². The first kappa shape index (κ1) is 12.5. The monoisotopic (exact) mass is 275 g/mol. The molecular weight excluding hydrogens is 258 g/mol. The van der Waals surface area contributed by atoms with E-state index in [0.717, 1.165) is 35.7 Å². The topological polar surface area (TPSA) is 21.1 Å². The zero-order chi connectivity index (χ0) is 13.4. The first-order chi connectivity index (χ1) is 9.19. The zero-order valence-corrected chi connectivity index (χ0v) is 12.1. The third kappa shape index (κ3) is 2.23. The Kier molecular flexibility index (Phi) is 3.23. The molecule has 19 heavy (non-hydrogen) atoms. The van der Waals surface area contributed by atoms with Crippen LogP contribution in [0.3, 0.4) is 0 Å². The summed E-state index contributed by atoms with van der Waals surface area (Å²) >= 11 is 6.46. The van der Waals surface area contributed by atoms with Gasteiger partial charge in [0, 0.05) is 43.1 Å². The average Bonchev–Trinajstić information content (AvgIpc) is 2.84. The molecule has 0 amide bonds. The van der Waals surface area contributed by atoms with Gasteiger partial charge in [0.25, 0.3) is 0 Å². The van der Waals surface area contributed by atoms with Gasteiger partial charge in [0.2, 0.25) is 0 Å². The zero-order valence-electron chi connectivity index (χ0n) is 11.4. The van der Waals surface area contributed by atoms with E-state index < -0.39 is 0 Å². The summed E-state index contributed by atoms with van der Waals surface area (Å²) < 4.78 is 1.81. The highest BCUT2D eigenvalue weighted by Crippen LogP contribution is 2.36. The molecule has 0 spiro atoms. The summed E-state index contributed by atoms with van der Waals surface area (Å²) in [4.78, 5) is 2.40. The molecule has 3 rings (SSSR count). The summed E-state index contributed by atoms with van der Waals surface area (Å²) in [6.45, 7) is 4.36. The molecule has 2 heterocycles. The Morgan fingerprint density at radius 1 is 1.37 bits per heavy atom. The molecule has 0 fully saturated rings. The molecule has 0 bridgehead atoms. The third-order valence-electron chi connectivity index (χ3n) is 3.78. The van der Waals surface area contributed by atoms with Crippen LogP contribution < -0.4 is 4.90 Å². The first-order valence-electron chi connectivity index (χ1n) is 6.75. The molecule has 0 saturated heterocycles. The number of rotatable bonds is 2. The van der Waals surface area contributed by atoms with Crippen molar-refractivity contribution in [1.82, 2.24) is 9.78 Å². The second kappa shape index (κ2) is 4.89. The van der Waals surface area contributed by atoms with Crippen LogP contribution in [0.25, 0.3) is 11.1 Å². The maximum Gasteiger partial charge on any atom is 0.0568 e. The fraction of sp³-hybridized carbons (Fsp3) is 0.400. The Bertz CT molecular complexity index is 603. The van der Waals surface area contributed by atoms with Crippen molar-refractivity contribution in [3.05, 3.63) is 35.1 Å². The van der Waals surface area contributed by atoms with Crippen molar-refractivity contribution in [2.75, 3.05) is 18.0 Å². The smallest absolute Gasteiger partial charge is 0.0568 e. The lowest BCUT2D eigenvalue weighted by Crippen LogP contribution is -2.28. The van der Waals surface area contributed by atoms with E-state index in [0.29, 0.717) is 0 Å². The number of benzene rings is 1. The van der Waals surface area contributed by atoms with E-state index in [1.807, 2.05) is 24.1 Å². The first-order valence-corrected chi connectivity index (χ1v) is 7.13. The van der Waals surface area contributed by atoms with Crippen LogP contribution in [0, 0.1) is 0 Å². The van der Waals surface area contributed by atoms with Gasteiger partial charge in [-0.25, -0.2) is 0 Å². The number of anilines is 1. The average molecular weight is 276 g/mol. The number of aromatic nitrogens is 2. The van der Waals surface area contributed by atoms with Crippen molar-refractivity contribution in [1.29, 1.82) is 0 Å². The van der Waals surface area contributed by atoms with Crippen LogP contribution in [-0.2, 0) is 13.5 Å². The number of nitrogens with zero attached hydrogens (tertiary/aromatic N) is 3. The number of hydrogen-bond acceptors (Lipinski definition) is 2. The largest absolute Gasteiger partial charge is 0.372 e. The lowest BCUT2D eigenvalue weighted by molar-refractivity contribution is 0.708. The predicted octanol–water partition coefficient (Wildman–Crippen LogP) is 3.51. The van der Waals surface area contributed by atoms with Gasteiger partial charge in [-0.1, -0.05) is 11.6 Å². The summed E-state index contributed by atoms with van der Waals surface area (Å²) in [6.07, 6.45) is 6.23. The molecule has 0 atom stereocenters. The SMILES string of the molecule is CCN1CCCc2cc(-c3cnn(C)c3)c(Cl)cc21. The van der Waals surface area contributed by atoms with Gasteiger partial charge in [-0.2, -0.15) is 5.10 Å². The molecule has 1 aromatic heterocycles. The third-order valence-corrected chi connectivity index (χ3v) is 4.09. The molecular formula is C15H18ClN3. The summed E-state index contributed by atoms with van der Waals surface area (Å²) in [5.41, 5.74) is 4.87. The van der Waals surface area contributed by atoms with E-state index in [-0.39, 0.29) is 0 Å². The van der Waals surface area contributed by atoms with E-state index in [1.165, 1.54) is 17.7 Å². The molecule has 0 N–H and O–H groups in total. The van der Waals surface area contributed by atoms with Gasteiger partial charge in [-0.15, -0.1) is 0 Å². The fourth-order valence-electron chi connectivity index (χ4n) is 2.79. The van der Waals surface area contributed by atoms with Gasteiger partial charge in [0.1, 0.15) is 0 Å². The van der Waals surface area contributed by atoms with Crippen LogP contribution in [0.4, 0.5) is 5.69 Å². The standard InChI is InChI=1S/C15H18ClN3/c1-3-19-6-4-5-11-7-13(14(16)8-15(11)19)12-9-17-18(2)10-12/h7-10H,3-6H2,1-2H3. The minimum absolute atomic E-state index is 0.812. The number of aryl methyl sites for hydroxylation is 2. The van der Waals surface area contributed by atoms with Crippen molar-refractivity contribution in [2.24, 2.45) is 7.05 Å². The second-order valence-electron chi connectivity index (χ2n) is 5.05. The molecule has 0 unspecified atom stereocenters. The van der Waals surface area contributed by atoms with Gasteiger partial charge >= 0.3 is 0 Å². The minimum Gasteiger partial charge on any atom is -0.372 e. The number of hydrogen-bond donors (Lipinski definition) is 0. The van der Waals surface area contributed by atoms with Crippen LogP contribution >= 0.6 is 11.6 Å². The van der Waals surface area contributed by atoms with Crippen LogP contribution in [-0.4, -0.2) is 22.9 Å². The predicted molar refractivity (Wildman–Crippen MR) is 79.9 cm³/mol. The molecule has 1 aliphatic rings.